The summed E-state index contributed by atoms with van der Waals surface area (Å²) in [6.45, 7) is 3.35. The number of carbonyl (C=O) groups excluding carboxylic acids is 1. The molecule has 0 aromatic heterocycles. The van der Waals surface area contributed by atoms with Crippen LogP contribution in [0.25, 0.3) is 0 Å². The van der Waals surface area contributed by atoms with Gasteiger partial charge in [0.1, 0.15) is 6.61 Å². The van der Waals surface area contributed by atoms with Crippen molar-refractivity contribution in [2.24, 2.45) is 0 Å². The van der Waals surface area contributed by atoms with Crippen LogP contribution in [0.1, 0.15) is 31.7 Å². The largest absolute Gasteiger partial charge is 0.595 e. The number of rotatable bonds is 5. The van der Waals surface area contributed by atoms with Gasteiger partial charge in [0.15, 0.2) is 5.69 Å². The van der Waals surface area contributed by atoms with Crippen molar-refractivity contribution in [3.8, 4) is 12.1 Å². The molecule has 0 saturated carbocycles. The van der Waals surface area contributed by atoms with E-state index in [2.05, 4.69) is 11.4 Å². The maximum atomic E-state index is 12.6. The van der Waals surface area contributed by atoms with Crippen LogP contribution >= 0.6 is 0 Å². The van der Waals surface area contributed by atoms with Crippen LogP contribution in [0, 0.1) is 27.9 Å². The van der Waals surface area contributed by atoms with Gasteiger partial charge in [-0.3, -0.25) is 0 Å². The van der Waals surface area contributed by atoms with Gasteiger partial charge in [-0.25, -0.2) is 10.0 Å². The zero-order valence-electron chi connectivity index (χ0n) is 14.4. The van der Waals surface area contributed by atoms with Gasteiger partial charge in [0.05, 0.1) is 35.6 Å². The van der Waals surface area contributed by atoms with Crippen LogP contribution in [-0.4, -0.2) is 17.8 Å². The van der Waals surface area contributed by atoms with Crippen LogP contribution in [0.15, 0.2) is 46.8 Å². The van der Waals surface area contributed by atoms with Crippen molar-refractivity contribution < 1.29 is 20.0 Å². The lowest BCUT2D eigenvalue weighted by molar-refractivity contribution is -0.991. The van der Waals surface area contributed by atoms with E-state index >= 15 is 0 Å². The first-order valence-corrected chi connectivity index (χ1v) is 7.86. The van der Waals surface area contributed by atoms with Gasteiger partial charge in [0.2, 0.25) is 0 Å². The molecule has 0 bridgehead atoms. The Morgan fingerprint density at radius 2 is 2.12 bits per heavy atom. The molecule has 0 amide bonds. The maximum Gasteiger partial charge on any atom is 0.336 e. The molecule has 1 aliphatic rings. The zero-order valence-corrected chi connectivity index (χ0v) is 14.4. The third-order valence-electron chi connectivity index (χ3n) is 4.01. The van der Waals surface area contributed by atoms with Gasteiger partial charge in [0.25, 0.3) is 0 Å². The summed E-state index contributed by atoms with van der Waals surface area (Å²) in [5.41, 5.74) is 2.22. The van der Waals surface area contributed by atoms with Crippen molar-refractivity contribution in [2.45, 2.75) is 26.2 Å². The van der Waals surface area contributed by atoms with Crippen molar-refractivity contribution in [1.82, 2.24) is 5.32 Å². The summed E-state index contributed by atoms with van der Waals surface area (Å²) in [6, 6.07) is 10.1. The molecule has 0 saturated heterocycles. The molecule has 0 aliphatic carbocycles. The Bertz CT molecular complexity index is 859. The summed E-state index contributed by atoms with van der Waals surface area (Å²) in [7, 11) is 0. The van der Waals surface area contributed by atoms with E-state index < -0.39 is 17.1 Å². The lowest BCUT2D eigenvalue weighted by atomic mass is 9.81. The molecule has 0 fully saturated rings. The number of hydrogen-bond donors (Lipinski definition) is 3. The number of carbonyl (C=O) groups is 1. The number of dihydropyridines is 1. The number of esters is 1. The van der Waals surface area contributed by atoms with Crippen molar-refractivity contribution in [2.75, 3.05) is 6.61 Å². The van der Waals surface area contributed by atoms with Crippen molar-refractivity contribution in [1.29, 1.82) is 10.5 Å². The standard InChI is InChI=1S/C18H18N4O4/c1-11-15(10-20)17(13-5-3-6-14(9-13)22(24)25)16(12(2)21-11)18(23)26-8-4-7-19/h3,5-6,9,17,21-22,24H,4,8H2,1-2H3/t17-/m0/s1. The summed E-state index contributed by atoms with van der Waals surface area (Å²) < 4.78 is 5.14. The molecule has 134 valence electrons. The number of ether oxygens (including phenoxy) is 1. The molecular weight excluding hydrogens is 336 g/mol. The Labute approximate surface area is 150 Å². The molecule has 1 heterocycles. The molecule has 2 rings (SSSR count). The Balaban J connectivity index is 2.53. The number of quaternary nitrogens is 1. The average Bonchev–Trinajstić information content (AvgIpc) is 2.61. The molecule has 0 radical (unpaired) electrons. The highest BCUT2D eigenvalue weighted by Gasteiger charge is 2.34. The van der Waals surface area contributed by atoms with Crippen LogP contribution in [0.5, 0.6) is 0 Å². The predicted molar refractivity (Wildman–Crippen MR) is 90.3 cm³/mol. The van der Waals surface area contributed by atoms with E-state index in [1.807, 2.05) is 6.07 Å². The molecule has 1 unspecified atom stereocenters. The number of nitrogens with one attached hydrogen (secondary N) is 2. The van der Waals surface area contributed by atoms with E-state index in [9.17, 15) is 20.5 Å². The number of nitrogens with zero attached hydrogens (tertiary/aromatic N) is 2. The van der Waals surface area contributed by atoms with Crippen LogP contribution in [0.3, 0.4) is 0 Å². The smallest absolute Gasteiger partial charge is 0.336 e. The highest BCUT2D eigenvalue weighted by Crippen LogP contribution is 2.38. The minimum Gasteiger partial charge on any atom is -0.595 e. The van der Waals surface area contributed by atoms with Crippen LogP contribution in [-0.2, 0) is 9.53 Å². The molecule has 3 N–H and O–H groups in total. The predicted octanol–water partition coefficient (Wildman–Crippen LogP) is 1.31. The minimum absolute atomic E-state index is 0.0570. The van der Waals surface area contributed by atoms with Crippen molar-refractivity contribution in [3.63, 3.8) is 0 Å². The number of nitriles is 2. The molecule has 8 nitrogen and oxygen atoms in total. The van der Waals surface area contributed by atoms with Gasteiger partial charge in [-0.15, -0.1) is 0 Å². The van der Waals surface area contributed by atoms with Crippen molar-refractivity contribution >= 4 is 11.7 Å². The van der Waals surface area contributed by atoms with E-state index in [4.69, 9.17) is 10.00 Å². The molecule has 2 atom stereocenters. The van der Waals surface area contributed by atoms with Gasteiger partial charge in [-0.1, -0.05) is 12.1 Å². The highest BCUT2D eigenvalue weighted by molar-refractivity contribution is 5.93. The van der Waals surface area contributed by atoms with E-state index in [-0.39, 0.29) is 24.3 Å². The summed E-state index contributed by atoms with van der Waals surface area (Å²) in [4.78, 5) is 12.6. The molecule has 1 aromatic rings. The van der Waals surface area contributed by atoms with E-state index in [0.717, 1.165) is 0 Å². The molecular formula is C18H18N4O4. The van der Waals surface area contributed by atoms with Crippen LogP contribution < -0.4 is 10.5 Å². The Morgan fingerprint density at radius 3 is 2.73 bits per heavy atom. The Kier molecular flexibility index (Phi) is 6.10. The second kappa shape index (κ2) is 8.28. The van der Waals surface area contributed by atoms with Gasteiger partial charge < -0.3 is 15.3 Å². The topological polar surface area (TPSA) is 134 Å². The fourth-order valence-corrected chi connectivity index (χ4v) is 2.86. The normalized spacial score (nSPS) is 17.8. The summed E-state index contributed by atoms with van der Waals surface area (Å²) in [5.74, 6) is -1.38. The first-order chi connectivity index (χ1) is 12.4. The van der Waals surface area contributed by atoms with Gasteiger partial charge in [0, 0.05) is 23.5 Å². The maximum absolute atomic E-state index is 12.6. The highest BCUT2D eigenvalue weighted by atomic mass is 16.8. The quantitative estimate of drug-likeness (QED) is 0.412. The third-order valence-corrected chi connectivity index (χ3v) is 4.01. The first kappa shape index (κ1) is 19.2. The second-order valence-electron chi connectivity index (χ2n) is 5.72. The number of benzene rings is 1. The first-order valence-electron chi connectivity index (χ1n) is 7.86. The fourth-order valence-electron chi connectivity index (χ4n) is 2.86. The van der Waals surface area contributed by atoms with Crippen LogP contribution in [0.2, 0.25) is 0 Å². The third kappa shape index (κ3) is 3.90. The monoisotopic (exact) mass is 354 g/mol. The SMILES string of the molecule is CC1=C(C#N)[C@H](c2cccc([NH+]([O-])O)c2)C(C(=O)OCCC#N)=C(C)N1. The number of hydrogen-bond acceptors (Lipinski definition) is 7. The summed E-state index contributed by atoms with van der Waals surface area (Å²) >= 11 is 0. The van der Waals surface area contributed by atoms with Gasteiger partial charge >= 0.3 is 5.97 Å². The molecule has 1 aromatic carbocycles. The molecule has 0 spiro atoms. The zero-order chi connectivity index (χ0) is 19.3. The van der Waals surface area contributed by atoms with Crippen molar-refractivity contribution in [3.05, 3.63) is 57.6 Å². The van der Waals surface area contributed by atoms with E-state index in [1.54, 1.807) is 26.0 Å². The molecule has 26 heavy (non-hydrogen) atoms. The van der Waals surface area contributed by atoms with Gasteiger partial charge in [-0.05, 0) is 19.4 Å². The Morgan fingerprint density at radius 1 is 1.38 bits per heavy atom. The summed E-state index contributed by atoms with van der Waals surface area (Å²) in [5, 5.41) is 40.6. The molecule has 8 heteroatoms. The Hall–Kier alpha value is -3.17. The van der Waals surface area contributed by atoms with E-state index in [1.165, 1.54) is 12.1 Å². The minimum atomic E-state index is -1.10. The molecule has 1 aliphatic heterocycles. The number of allylic oxidation sites excluding steroid dienone is 3. The van der Waals surface area contributed by atoms with Gasteiger partial charge in [-0.2, -0.15) is 15.8 Å². The summed E-state index contributed by atoms with van der Waals surface area (Å²) in [6.07, 6.45) is 0.0602. The van der Waals surface area contributed by atoms with E-state index in [0.29, 0.717) is 22.5 Å². The lowest BCUT2D eigenvalue weighted by Crippen LogP contribution is -2.99. The fraction of sp³-hybridized carbons (Fsp3) is 0.278. The van der Waals surface area contributed by atoms with Crippen LogP contribution in [0.4, 0.5) is 5.69 Å². The average molecular weight is 354 g/mol. The lowest BCUT2D eigenvalue weighted by Gasteiger charge is -2.28. The second-order valence-corrected chi connectivity index (χ2v) is 5.72.